The van der Waals surface area contributed by atoms with Gasteiger partial charge in [0, 0.05) is 0 Å². The highest BCUT2D eigenvalue weighted by Gasteiger charge is 2.39. The molecule has 0 spiro atoms. The van der Waals surface area contributed by atoms with E-state index < -0.39 is 15.6 Å². The van der Waals surface area contributed by atoms with Crippen LogP contribution in [-0.4, -0.2) is 24.7 Å². The highest BCUT2D eigenvalue weighted by atomic mass is 32.2. The molecule has 0 heterocycles. The fourth-order valence-electron chi connectivity index (χ4n) is 2.46. The summed E-state index contributed by atoms with van der Waals surface area (Å²) >= 11 is 5.09. The van der Waals surface area contributed by atoms with Gasteiger partial charge in [0.1, 0.15) is 0 Å². The summed E-state index contributed by atoms with van der Waals surface area (Å²) in [6.45, 7) is 5.71. The van der Waals surface area contributed by atoms with Crippen molar-refractivity contribution in [3.8, 4) is 0 Å². The Balaban J connectivity index is 2.87. The molecule has 0 aromatic heterocycles. The summed E-state index contributed by atoms with van der Waals surface area (Å²) in [5, 5.41) is 0. The van der Waals surface area contributed by atoms with Crippen LogP contribution in [0.4, 0.5) is 0 Å². The minimum absolute atomic E-state index is 0.0877. The quantitative estimate of drug-likeness (QED) is 0.777. The number of hydrogen-bond acceptors (Lipinski definition) is 3. The summed E-state index contributed by atoms with van der Waals surface area (Å²) in [6.07, 6.45) is 4.48. The fourth-order valence-corrected chi connectivity index (χ4v) is 4.90. The molecular weight excluding hydrogens is 268 g/mol. The lowest BCUT2D eigenvalue weighted by molar-refractivity contribution is 0.350. The zero-order valence-electron chi connectivity index (χ0n) is 11.5. The Hall–Kier alpha value is -0.200. The van der Waals surface area contributed by atoms with E-state index in [-0.39, 0.29) is 16.2 Å². The van der Waals surface area contributed by atoms with Crippen molar-refractivity contribution in [1.29, 1.82) is 0 Å². The van der Waals surface area contributed by atoms with Crippen LogP contribution in [0.15, 0.2) is 0 Å². The van der Waals surface area contributed by atoms with E-state index in [1.807, 2.05) is 20.8 Å². The molecule has 1 rings (SSSR count). The number of nitrogens with one attached hydrogen (secondary N) is 1. The van der Waals surface area contributed by atoms with Gasteiger partial charge in [0.2, 0.25) is 10.0 Å². The lowest BCUT2D eigenvalue weighted by atomic mass is 9.82. The van der Waals surface area contributed by atoms with Gasteiger partial charge in [-0.1, -0.05) is 52.3 Å². The van der Waals surface area contributed by atoms with Crippen LogP contribution < -0.4 is 10.5 Å². The molecule has 4 nitrogen and oxygen atoms in total. The van der Waals surface area contributed by atoms with Crippen molar-refractivity contribution < 1.29 is 8.42 Å². The van der Waals surface area contributed by atoms with Gasteiger partial charge >= 0.3 is 0 Å². The van der Waals surface area contributed by atoms with Gasteiger partial charge in [-0.2, -0.15) is 0 Å². The molecule has 1 saturated carbocycles. The minimum atomic E-state index is -3.36. The Kier molecular flexibility index (Phi) is 4.78. The molecule has 0 bridgehead atoms. The highest BCUT2D eigenvalue weighted by Crippen LogP contribution is 2.30. The predicted octanol–water partition coefficient (Wildman–Crippen LogP) is 1.94. The molecule has 1 fully saturated rings. The molecule has 3 N–H and O–H groups in total. The maximum Gasteiger partial charge on any atom is 0.213 e. The van der Waals surface area contributed by atoms with E-state index in [0.29, 0.717) is 12.8 Å². The molecule has 0 atom stereocenters. The number of rotatable bonds is 4. The van der Waals surface area contributed by atoms with Crippen LogP contribution in [0.1, 0.15) is 52.9 Å². The first-order valence-electron chi connectivity index (χ1n) is 6.38. The van der Waals surface area contributed by atoms with Crippen molar-refractivity contribution in [3.05, 3.63) is 0 Å². The molecule has 0 unspecified atom stereocenters. The van der Waals surface area contributed by atoms with E-state index in [1.54, 1.807) is 0 Å². The van der Waals surface area contributed by atoms with Gasteiger partial charge in [-0.3, -0.25) is 0 Å². The first-order valence-corrected chi connectivity index (χ1v) is 8.44. The van der Waals surface area contributed by atoms with Gasteiger partial charge in [-0.05, 0) is 18.3 Å². The molecule has 0 aromatic carbocycles. The van der Waals surface area contributed by atoms with Gasteiger partial charge in [0.25, 0.3) is 0 Å². The summed E-state index contributed by atoms with van der Waals surface area (Å²) in [5.41, 5.74) is 4.80. The van der Waals surface area contributed by atoms with Crippen molar-refractivity contribution in [2.24, 2.45) is 11.1 Å². The highest BCUT2D eigenvalue weighted by molar-refractivity contribution is 7.89. The van der Waals surface area contributed by atoms with Crippen LogP contribution in [0, 0.1) is 5.41 Å². The molecule has 0 radical (unpaired) electrons. The van der Waals surface area contributed by atoms with Gasteiger partial charge < -0.3 is 5.73 Å². The first kappa shape index (κ1) is 15.9. The standard InChI is InChI=1S/C12H24N2O2S2/c1-11(2,3)9-18(15,16)14-12(10(13)17)7-5-4-6-8-12/h14H,4-9H2,1-3H3,(H2,13,17). The monoisotopic (exact) mass is 292 g/mol. The first-order chi connectivity index (χ1) is 8.06. The van der Waals surface area contributed by atoms with Crippen LogP contribution in [0.25, 0.3) is 0 Å². The summed E-state index contributed by atoms with van der Waals surface area (Å²) in [4.78, 5) is 0.277. The average molecular weight is 292 g/mol. The molecule has 6 heteroatoms. The number of thiocarbonyl (C=S) groups is 1. The molecule has 0 aliphatic heterocycles. The molecule has 1 aliphatic carbocycles. The van der Waals surface area contributed by atoms with E-state index in [4.69, 9.17) is 18.0 Å². The Labute approximate surface area is 116 Å². The maximum atomic E-state index is 12.2. The Morgan fingerprint density at radius 1 is 1.28 bits per heavy atom. The molecule has 0 amide bonds. The lowest BCUT2D eigenvalue weighted by Crippen LogP contribution is -2.58. The van der Waals surface area contributed by atoms with Crippen molar-refractivity contribution in [3.63, 3.8) is 0 Å². The summed E-state index contributed by atoms with van der Waals surface area (Å²) in [5.74, 6) is 0.0877. The van der Waals surface area contributed by atoms with Crippen LogP contribution in [0.2, 0.25) is 0 Å². The van der Waals surface area contributed by atoms with Crippen molar-refractivity contribution >= 4 is 27.2 Å². The smallest absolute Gasteiger partial charge is 0.213 e. The van der Waals surface area contributed by atoms with Crippen molar-refractivity contribution in [1.82, 2.24) is 4.72 Å². The minimum Gasteiger partial charge on any atom is -0.392 e. The van der Waals surface area contributed by atoms with Gasteiger partial charge in [-0.15, -0.1) is 0 Å². The average Bonchev–Trinajstić information content (AvgIpc) is 2.13. The van der Waals surface area contributed by atoms with Gasteiger partial charge in [0.15, 0.2) is 0 Å². The van der Waals surface area contributed by atoms with Crippen molar-refractivity contribution in [2.45, 2.75) is 58.4 Å². The van der Waals surface area contributed by atoms with Gasteiger partial charge in [-0.25, -0.2) is 13.1 Å². The summed E-state index contributed by atoms with van der Waals surface area (Å²) in [7, 11) is -3.36. The van der Waals surface area contributed by atoms with E-state index in [2.05, 4.69) is 4.72 Å². The van der Waals surface area contributed by atoms with Crippen LogP contribution in [0.5, 0.6) is 0 Å². The molecule has 18 heavy (non-hydrogen) atoms. The fraction of sp³-hybridized carbons (Fsp3) is 0.917. The third-order valence-electron chi connectivity index (χ3n) is 3.15. The van der Waals surface area contributed by atoms with E-state index in [9.17, 15) is 8.42 Å². The molecular formula is C12H24N2O2S2. The van der Waals surface area contributed by atoms with E-state index in [0.717, 1.165) is 19.3 Å². The second-order valence-electron chi connectivity index (χ2n) is 6.43. The number of sulfonamides is 1. The Bertz CT molecular complexity index is 404. The normalized spacial score (nSPS) is 20.6. The maximum absolute atomic E-state index is 12.2. The Morgan fingerprint density at radius 3 is 2.17 bits per heavy atom. The van der Waals surface area contributed by atoms with E-state index in [1.165, 1.54) is 0 Å². The summed E-state index contributed by atoms with van der Waals surface area (Å²) < 4.78 is 27.2. The van der Waals surface area contributed by atoms with E-state index >= 15 is 0 Å². The van der Waals surface area contributed by atoms with Crippen molar-refractivity contribution in [2.75, 3.05) is 5.75 Å². The number of nitrogens with two attached hydrogens (primary N) is 1. The lowest BCUT2D eigenvalue weighted by Gasteiger charge is -2.37. The SMILES string of the molecule is CC(C)(C)CS(=O)(=O)NC1(C(N)=S)CCCCC1. The second-order valence-corrected chi connectivity index (χ2v) is 8.59. The topological polar surface area (TPSA) is 72.2 Å². The van der Waals surface area contributed by atoms with Crippen LogP contribution in [0.3, 0.4) is 0 Å². The zero-order chi connectivity index (χ0) is 14.0. The third kappa shape index (κ3) is 4.48. The largest absolute Gasteiger partial charge is 0.392 e. The van der Waals surface area contributed by atoms with Crippen LogP contribution in [-0.2, 0) is 10.0 Å². The number of hydrogen-bond donors (Lipinski definition) is 2. The molecule has 106 valence electrons. The molecule has 1 aliphatic rings. The van der Waals surface area contributed by atoms with Gasteiger partial charge in [0.05, 0.1) is 16.3 Å². The third-order valence-corrected chi connectivity index (χ3v) is 5.49. The van der Waals surface area contributed by atoms with Crippen LogP contribution >= 0.6 is 12.2 Å². The molecule has 0 saturated heterocycles. The zero-order valence-corrected chi connectivity index (χ0v) is 13.1. The summed E-state index contributed by atoms with van der Waals surface area (Å²) in [6, 6.07) is 0. The Morgan fingerprint density at radius 2 is 1.78 bits per heavy atom. The second kappa shape index (κ2) is 5.43. The predicted molar refractivity (Wildman–Crippen MR) is 79.0 cm³/mol. The molecule has 0 aromatic rings.